The first-order chi connectivity index (χ1) is 15.1. The van der Waals surface area contributed by atoms with Crippen LogP contribution >= 0.6 is 11.3 Å². The molecule has 1 N–H and O–H groups in total. The van der Waals surface area contributed by atoms with Gasteiger partial charge in [0.2, 0.25) is 4.96 Å². The average Bonchev–Trinajstić information content (AvgIpc) is 3.33. The quantitative estimate of drug-likeness (QED) is 0.481. The van der Waals surface area contributed by atoms with Gasteiger partial charge in [-0.2, -0.15) is 4.98 Å². The fraction of sp³-hybridized carbons (Fsp3) is 0.174. The molecule has 0 saturated heterocycles. The lowest BCUT2D eigenvalue weighted by atomic mass is 10.0. The molecular weight excluding hydrogens is 412 g/mol. The summed E-state index contributed by atoms with van der Waals surface area (Å²) in [6.45, 7) is 5.22. The summed E-state index contributed by atoms with van der Waals surface area (Å²) in [6, 6.07) is 11.9. The van der Waals surface area contributed by atoms with Crippen LogP contribution in [0.2, 0.25) is 0 Å². The second-order valence-electron chi connectivity index (χ2n) is 7.29. The van der Waals surface area contributed by atoms with E-state index in [1.54, 1.807) is 10.6 Å². The summed E-state index contributed by atoms with van der Waals surface area (Å²) < 4.78 is 12.9. The first kappa shape index (κ1) is 19.3. The van der Waals surface area contributed by atoms with E-state index >= 15 is 0 Å². The number of benzene rings is 2. The Bertz CT molecular complexity index is 1320. The van der Waals surface area contributed by atoms with Gasteiger partial charge in [-0.05, 0) is 43.2 Å². The first-order valence-electron chi connectivity index (χ1n) is 9.87. The zero-order chi connectivity index (χ0) is 21.4. The molecule has 0 unspecified atom stereocenters. The number of hydrogen-bond donors (Lipinski definition) is 1. The lowest BCUT2D eigenvalue weighted by Crippen LogP contribution is -2.15. The minimum absolute atomic E-state index is 0.273. The molecule has 0 radical (unpaired) electrons. The van der Waals surface area contributed by atoms with Crippen LogP contribution in [-0.2, 0) is 4.79 Å². The van der Waals surface area contributed by atoms with Crippen LogP contribution in [0.1, 0.15) is 16.7 Å². The molecule has 8 heteroatoms. The average molecular weight is 433 g/mol. The van der Waals surface area contributed by atoms with Crippen LogP contribution in [-0.4, -0.2) is 33.7 Å². The Hall–Kier alpha value is -3.65. The van der Waals surface area contributed by atoms with E-state index in [-0.39, 0.29) is 11.9 Å². The highest BCUT2D eigenvalue weighted by Crippen LogP contribution is 2.31. The molecule has 0 bridgehead atoms. The van der Waals surface area contributed by atoms with Gasteiger partial charge in [0.15, 0.2) is 11.5 Å². The van der Waals surface area contributed by atoms with Gasteiger partial charge in [0.25, 0.3) is 11.9 Å². The maximum Gasteiger partial charge on any atom is 0.250 e. The predicted molar refractivity (Wildman–Crippen MR) is 121 cm³/mol. The molecule has 5 rings (SSSR count). The summed E-state index contributed by atoms with van der Waals surface area (Å²) in [7, 11) is 0. The SMILES string of the molecule is Cc1ccc(-c2csc3nc(NC(=O)/C=C\c4ccc5c(c4)OCCO5)nn23)c(C)c1. The predicted octanol–water partition coefficient (Wildman–Crippen LogP) is 4.50. The molecule has 0 saturated carbocycles. The van der Waals surface area contributed by atoms with Crippen molar-refractivity contribution >= 4 is 34.2 Å². The molecule has 31 heavy (non-hydrogen) atoms. The zero-order valence-electron chi connectivity index (χ0n) is 17.1. The van der Waals surface area contributed by atoms with Crippen molar-refractivity contribution < 1.29 is 14.3 Å². The number of thiazole rings is 1. The van der Waals surface area contributed by atoms with Crippen molar-refractivity contribution in [3.8, 4) is 22.8 Å². The Kier molecular flexibility index (Phi) is 4.91. The standard InChI is InChI=1S/C23H20N4O3S/c1-14-3-6-17(15(2)11-14)18-13-31-23-25-22(26-27(18)23)24-21(28)8-5-16-4-7-19-20(12-16)30-10-9-29-19/h3-8,11-13H,9-10H2,1-2H3,(H,24,26,28)/b8-5-. The second kappa shape index (κ2) is 7.88. The Morgan fingerprint density at radius 3 is 2.81 bits per heavy atom. The minimum Gasteiger partial charge on any atom is -0.486 e. The lowest BCUT2D eigenvalue weighted by Gasteiger charge is -2.18. The second-order valence-corrected chi connectivity index (χ2v) is 8.13. The number of amides is 1. The van der Waals surface area contributed by atoms with Gasteiger partial charge in [0, 0.05) is 17.0 Å². The molecule has 2 aromatic carbocycles. The fourth-order valence-electron chi connectivity index (χ4n) is 3.51. The monoisotopic (exact) mass is 432 g/mol. The number of carbonyl (C=O) groups excluding carboxylic acids is 1. The molecule has 7 nitrogen and oxygen atoms in total. The summed E-state index contributed by atoms with van der Waals surface area (Å²) in [6.07, 6.45) is 3.17. The maximum absolute atomic E-state index is 12.4. The highest BCUT2D eigenvalue weighted by Gasteiger charge is 2.14. The number of rotatable bonds is 4. The van der Waals surface area contributed by atoms with Gasteiger partial charge in [0.05, 0.1) is 5.69 Å². The van der Waals surface area contributed by atoms with Crippen LogP contribution in [0.4, 0.5) is 5.95 Å². The van der Waals surface area contributed by atoms with Gasteiger partial charge in [-0.3, -0.25) is 10.1 Å². The van der Waals surface area contributed by atoms with E-state index in [9.17, 15) is 4.79 Å². The Balaban J connectivity index is 1.33. The molecule has 156 valence electrons. The molecule has 1 aliphatic rings. The number of carbonyl (C=O) groups is 1. The van der Waals surface area contributed by atoms with Crippen molar-refractivity contribution in [3.63, 3.8) is 0 Å². The van der Waals surface area contributed by atoms with Crippen LogP contribution in [0.25, 0.3) is 22.3 Å². The van der Waals surface area contributed by atoms with E-state index in [1.165, 1.54) is 28.5 Å². The molecule has 1 amide bonds. The molecule has 0 aliphatic carbocycles. The first-order valence-corrected chi connectivity index (χ1v) is 10.8. The van der Waals surface area contributed by atoms with Crippen LogP contribution < -0.4 is 14.8 Å². The number of fused-ring (bicyclic) bond motifs is 2. The van der Waals surface area contributed by atoms with E-state index in [2.05, 4.69) is 47.4 Å². The van der Waals surface area contributed by atoms with Crippen LogP contribution in [0.3, 0.4) is 0 Å². The number of hydrogen-bond acceptors (Lipinski definition) is 6. The summed E-state index contributed by atoms with van der Waals surface area (Å²) in [4.78, 5) is 17.5. The smallest absolute Gasteiger partial charge is 0.250 e. The van der Waals surface area contributed by atoms with E-state index < -0.39 is 0 Å². The normalized spacial score (nSPS) is 13.1. The number of aromatic nitrogens is 3. The molecule has 0 atom stereocenters. The van der Waals surface area contributed by atoms with Gasteiger partial charge in [0.1, 0.15) is 13.2 Å². The lowest BCUT2D eigenvalue weighted by molar-refractivity contribution is -0.111. The molecule has 0 fully saturated rings. The Morgan fingerprint density at radius 2 is 1.97 bits per heavy atom. The molecule has 3 heterocycles. The highest BCUT2D eigenvalue weighted by molar-refractivity contribution is 7.15. The van der Waals surface area contributed by atoms with Gasteiger partial charge in [-0.15, -0.1) is 16.4 Å². The summed E-state index contributed by atoms with van der Waals surface area (Å²) in [5, 5.41) is 9.24. The van der Waals surface area contributed by atoms with Crippen LogP contribution in [0.15, 0.2) is 47.9 Å². The molecule has 4 aromatic rings. The van der Waals surface area contributed by atoms with E-state index in [0.717, 1.165) is 27.5 Å². The third-order valence-electron chi connectivity index (χ3n) is 4.97. The largest absolute Gasteiger partial charge is 0.486 e. The summed E-state index contributed by atoms with van der Waals surface area (Å²) >= 11 is 1.49. The summed E-state index contributed by atoms with van der Waals surface area (Å²) in [5.41, 5.74) is 5.28. The molecular formula is C23H20N4O3S. The summed E-state index contributed by atoms with van der Waals surface area (Å²) in [5.74, 6) is 1.37. The van der Waals surface area contributed by atoms with E-state index in [0.29, 0.717) is 19.0 Å². The highest BCUT2D eigenvalue weighted by atomic mass is 32.1. The Morgan fingerprint density at radius 1 is 1.13 bits per heavy atom. The third-order valence-corrected chi connectivity index (χ3v) is 5.78. The molecule has 1 aliphatic heterocycles. The van der Waals surface area contributed by atoms with Gasteiger partial charge >= 0.3 is 0 Å². The van der Waals surface area contributed by atoms with Gasteiger partial charge in [-0.1, -0.05) is 29.8 Å². The zero-order valence-corrected chi connectivity index (χ0v) is 17.9. The number of nitrogens with one attached hydrogen (secondary N) is 1. The topological polar surface area (TPSA) is 77.8 Å². The van der Waals surface area contributed by atoms with E-state index in [1.807, 2.05) is 23.6 Å². The number of nitrogens with zero attached hydrogens (tertiary/aromatic N) is 3. The molecule has 0 spiro atoms. The van der Waals surface area contributed by atoms with Crippen molar-refractivity contribution in [2.45, 2.75) is 13.8 Å². The fourth-order valence-corrected chi connectivity index (χ4v) is 4.33. The third kappa shape index (κ3) is 3.89. The van der Waals surface area contributed by atoms with Gasteiger partial charge < -0.3 is 9.47 Å². The Labute approximate surface area is 183 Å². The molecule has 2 aromatic heterocycles. The number of ether oxygens (including phenoxy) is 2. The van der Waals surface area contributed by atoms with E-state index in [4.69, 9.17) is 9.47 Å². The number of aryl methyl sites for hydroxylation is 2. The minimum atomic E-state index is -0.304. The van der Waals surface area contributed by atoms with Crippen molar-refractivity contribution in [1.29, 1.82) is 0 Å². The van der Waals surface area contributed by atoms with Crippen LogP contribution in [0.5, 0.6) is 11.5 Å². The van der Waals surface area contributed by atoms with Crippen molar-refractivity contribution in [3.05, 3.63) is 64.5 Å². The van der Waals surface area contributed by atoms with Crippen molar-refractivity contribution in [2.24, 2.45) is 0 Å². The maximum atomic E-state index is 12.4. The van der Waals surface area contributed by atoms with Crippen molar-refractivity contribution in [2.75, 3.05) is 18.5 Å². The van der Waals surface area contributed by atoms with Gasteiger partial charge in [-0.25, -0.2) is 4.52 Å². The number of anilines is 1. The van der Waals surface area contributed by atoms with Crippen molar-refractivity contribution in [1.82, 2.24) is 14.6 Å². The van der Waals surface area contributed by atoms with Crippen LogP contribution in [0, 0.1) is 13.8 Å².